The molecule has 0 saturated heterocycles. The molecule has 0 spiro atoms. The molecule has 0 aromatic carbocycles. The van der Waals surface area contributed by atoms with Gasteiger partial charge in [-0.3, -0.25) is 14.4 Å². The van der Waals surface area contributed by atoms with Gasteiger partial charge in [-0.2, -0.15) is 0 Å². The maximum Gasteiger partial charge on any atom is 0.306 e. The zero-order valence-electron chi connectivity index (χ0n) is 43.6. The van der Waals surface area contributed by atoms with Crippen molar-refractivity contribution in [1.29, 1.82) is 0 Å². The van der Waals surface area contributed by atoms with Gasteiger partial charge < -0.3 is 14.2 Å². The Morgan fingerprint density at radius 2 is 0.574 bits per heavy atom. The number of hydrogen-bond acceptors (Lipinski definition) is 6. The third-order valence-corrected chi connectivity index (χ3v) is 10.9. The zero-order valence-corrected chi connectivity index (χ0v) is 43.6. The van der Waals surface area contributed by atoms with Crippen LogP contribution in [-0.4, -0.2) is 37.2 Å². The van der Waals surface area contributed by atoms with Crippen LogP contribution in [0.2, 0.25) is 0 Å². The van der Waals surface area contributed by atoms with Crippen LogP contribution in [0.3, 0.4) is 0 Å². The van der Waals surface area contributed by atoms with Crippen molar-refractivity contribution in [3.63, 3.8) is 0 Å². The molecule has 68 heavy (non-hydrogen) atoms. The molecule has 1 unspecified atom stereocenters. The van der Waals surface area contributed by atoms with Gasteiger partial charge in [0.05, 0.1) is 0 Å². The van der Waals surface area contributed by atoms with Gasteiger partial charge in [-0.15, -0.1) is 0 Å². The molecule has 0 rings (SSSR count). The number of ether oxygens (including phenoxy) is 3. The SMILES string of the molecule is CC/C=C\C/C=C\C/C=C\C/C=C\C/C=C\C/C=C\C/C=C\CCCCCC(=O)OCC(COC(=O)CCCCCCCC)OC(=O)CCCCCCCC/C=C\C/C=C\C/C=C\C/C=C\CC. The predicted molar refractivity (Wildman–Crippen MR) is 292 cm³/mol. The van der Waals surface area contributed by atoms with Crippen LogP contribution in [0.5, 0.6) is 0 Å². The Balaban J connectivity index is 4.31. The first kappa shape index (κ1) is 63.5. The highest BCUT2D eigenvalue weighted by Gasteiger charge is 2.19. The Kier molecular flexibility index (Phi) is 51.5. The topological polar surface area (TPSA) is 78.9 Å². The molecule has 0 fully saturated rings. The average Bonchev–Trinajstić information content (AvgIpc) is 3.34. The third kappa shape index (κ3) is 52.5. The van der Waals surface area contributed by atoms with Crippen molar-refractivity contribution in [3.05, 3.63) is 134 Å². The van der Waals surface area contributed by atoms with Crippen molar-refractivity contribution in [1.82, 2.24) is 0 Å². The molecule has 0 saturated carbocycles. The van der Waals surface area contributed by atoms with Crippen LogP contribution >= 0.6 is 0 Å². The number of unbranched alkanes of at least 4 members (excludes halogenated alkanes) is 14. The molecule has 0 heterocycles. The summed E-state index contributed by atoms with van der Waals surface area (Å²) in [5, 5.41) is 0. The second-order valence-corrected chi connectivity index (χ2v) is 17.4. The monoisotopic (exact) mass is 939 g/mol. The first-order valence-electron chi connectivity index (χ1n) is 27.2. The fourth-order valence-electron chi connectivity index (χ4n) is 6.88. The third-order valence-electron chi connectivity index (χ3n) is 10.9. The van der Waals surface area contributed by atoms with E-state index in [-0.39, 0.29) is 31.1 Å². The van der Waals surface area contributed by atoms with Crippen LogP contribution in [0.4, 0.5) is 0 Å². The number of carbonyl (C=O) groups is 3. The zero-order chi connectivity index (χ0) is 49.3. The minimum Gasteiger partial charge on any atom is -0.462 e. The van der Waals surface area contributed by atoms with Gasteiger partial charge >= 0.3 is 17.9 Å². The van der Waals surface area contributed by atoms with E-state index in [1.807, 2.05) is 0 Å². The largest absolute Gasteiger partial charge is 0.462 e. The fourth-order valence-corrected chi connectivity index (χ4v) is 6.88. The molecule has 6 heteroatoms. The van der Waals surface area contributed by atoms with E-state index in [1.54, 1.807) is 0 Å². The smallest absolute Gasteiger partial charge is 0.306 e. The summed E-state index contributed by atoms with van der Waals surface area (Å²) in [6.07, 6.45) is 77.5. The minimum absolute atomic E-state index is 0.0993. The van der Waals surface area contributed by atoms with Gasteiger partial charge in [0.2, 0.25) is 0 Å². The standard InChI is InChI=1S/C62H98O6/c1-4-7-10-13-16-18-20-22-24-26-28-29-30-31-32-33-35-36-38-40-42-44-46-49-52-55-61(64)67-58-59(57-66-60(63)54-51-48-15-12-9-6-3)68-62(65)56-53-50-47-45-43-41-39-37-34-27-25-23-21-19-17-14-11-8-5-2/h7-8,10-11,16-19,22-25,28-29,31-32,34-37,40,42,59H,4-6,9,12-15,20-21,26-27,30,33,38-39,41,43-58H2,1-3H3/b10-7-,11-8-,18-16-,19-17-,24-22-,25-23-,29-28-,32-31-,36-35-,37-34-,42-40-. The summed E-state index contributed by atoms with van der Waals surface area (Å²) < 4.78 is 16.7. The molecule has 0 aliphatic heterocycles. The van der Waals surface area contributed by atoms with Crippen LogP contribution < -0.4 is 0 Å². The summed E-state index contributed by atoms with van der Waals surface area (Å²) in [6, 6.07) is 0. The highest BCUT2D eigenvalue weighted by Crippen LogP contribution is 2.13. The normalized spacial score (nSPS) is 13.2. The number of carbonyl (C=O) groups excluding carboxylic acids is 3. The second kappa shape index (κ2) is 55.1. The van der Waals surface area contributed by atoms with E-state index in [0.29, 0.717) is 19.3 Å². The van der Waals surface area contributed by atoms with E-state index in [0.717, 1.165) is 148 Å². The van der Waals surface area contributed by atoms with Crippen molar-refractivity contribution in [2.45, 2.75) is 226 Å². The second-order valence-electron chi connectivity index (χ2n) is 17.4. The maximum absolute atomic E-state index is 12.8. The molecule has 6 nitrogen and oxygen atoms in total. The summed E-state index contributed by atoms with van der Waals surface area (Å²) in [5.41, 5.74) is 0. The van der Waals surface area contributed by atoms with Crippen LogP contribution in [0.25, 0.3) is 0 Å². The first-order chi connectivity index (χ1) is 33.5. The molecule has 0 aliphatic rings. The quantitative estimate of drug-likeness (QED) is 0.0262. The van der Waals surface area contributed by atoms with E-state index in [2.05, 4.69) is 154 Å². The lowest BCUT2D eigenvalue weighted by Gasteiger charge is -2.18. The van der Waals surface area contributed by atoms with Crippen LogP contribution in [0, 0.1) is 0 Å². The fraction of sp³-hybridized carbons (Fsp3) is 0.597. The van der Waals surface area contributed by atoms with Gasteiger partial charge in [-0.1, -0.05) is 219 Å². The Labute approximate surface area is 417 Å². The number of rotatable bonds is 47. The van der Waals surface area contributed by atoms with E-state index in [1.165, 1.54) is 32.1 Å². The van der Waals surface area contributed by atoms with Crippen molar-refractivity contribution in [2.75, 3.05) is 13.2 Å². The summed E-state index contributed by atoms with van der Waals surface area (Å²) in [7, 11) is 0. The van der Waals surface area contributed by atoms with Gasteiger partial charge in [0.1, 0.15) is 13.2 Å². The molecule has 0 amide bonds. The van der Waals surface area contributed by atoms with Gasteiger partial charge in [0.15, 0.2) is 6.10 Å². The Morgan fingerprint density at radius 1 is 0.309 bits per heavy atom. The van der Waals surface area contributed by atoms with Gasteiger partial charge in [-0.05, 0) is 116 Å². The molecule has 0 radical (unpaired) electrons. The number of esters is 3. The van der Waals surface area contributed by atoms with E-state index in [9.17, 15) is 14.4 Å². The molecule has 0 aliphatic carbocycles. The lowest BCUT2D eigenvalue weighted by Crippen LogP contribution is -2.30. The lowest BCUT2D eigenvalue weighted by molar-refractivity contribution is -0.167. The molecular formula is C62H98O6. The van der Waals surface area contributed by atoms with Crippen molar-refractivity contribution in [2.24, 2.45) is 0 Å². The molecular weight excluding hydrogens is 841 g/mol. The summed E-state index contributed by atoms with van der Waals surface area (Å²) in [5.74, 6) is -0.966. The first-order valence-corrected chi connectivity index (χ1v) is 27.2. The number of hydrogen-bond donors (Lipinski definition) is 0. The Bertz CT molecular complexity index is 1500. The maximum atomic E-state index is 12.8. The van der Waals surface area contributed by atoms with E-state index < -0.39 is 6.10 Å². The molecule has 382 valence electrons. The molecule has 0 N–H and O–H groups in total. The molecule has 0 aromatic rings. The predicted octanol–water partition coefficient (Wildman–Crippen LogP) is 18.3. The van der Waals surface area contributed by atoms with Crippen LogP contribution in [0.15, 0.2) is 134 Å². The summed E-state index contributed by atoms with van der Waals surface area (Å²) >= 11 is 0. The highest BCUT2D eigenvalue weighted by molar-refractivity contribution is 5.71. The van der Waals surface area contributed by atoms with Crippen molar-refractivity contribution < 1.29 is 28.6 Å². The Hall–Kier alpha value is -4.45. The highest BCUT2D eigenvalue weighted by atomic mass is 16.6. The van der Waals surface area contributed by atoms with E-state index in [4.69, 9.17) is 14.2 Å². The Morgan fingerprint density at radius 3 is 0.912 bits per heavy atom. The summed E-state index contributed by atoms with van der Waals surface area (Å²) in [6.45, 7) is 6.29. The number of allylic oxidation sites excluding steroid dienone is 22. The van der Waals surface area contributed by atoms with Crippen LogP contribution in [0.1, 0.15) is 220 Å². The average molecular weight is 939 g/mol. The van der Waals surface area contributed by atoms with E-state index >= 15 is 0 Å². The molecule has 1 atom stereocenters. The summed E-state index contributed by atoms with van der Waals surface area (Å²) in [4.78, 5) is 37.8. The van der Waals surface area contributed by atoms with Crippen molar-refractivity contribution >= 4 is 17.9 Å². The van der Waals surface area contributed by atoms with Crippen molar-refractivity contribution in [3.8, 4) is 0 Å². The van der Waals surface area contributed by atoms with Gasteiger partial charge in [-0.25, -0.2) is 0 Å². The van der Waals surface area contributed by atoms with Gasteiger partial charge in [0, 0.05) is 19.3 Å². The van der Waals surface area contributed by atoms with Crippen LogP contribution in [-0.2, 0) is 28.6 Å². The van der Waals surface area contributed by atoms with Gasteiger partial charge in [0.25, 0.3) is 0 Å². The molecule has 0 aromatic heterocycles. The lowest BCUT2D eigenvalue weighted by atomic mass is 10.1. The minimum atomic E-state index is -0.801. The molecule has 0 bridgehead atoms.